The van der Waals surface area contributed by atoms with Crippen LogP contribution >= 0.6 is 0 Å². The van der Waals surface area contributed by atoms with Crippen molar-refractivity contribution in [1.29, 1.82) is 0 Å². The molecule has 0 aromatic heterocycles. The monoisotopic (exact) mass is 611 g/mol. The molecule has 44 heavy (non-hydrogen) atoms. The van der Waals surface area contributed by atoms with E-state index < -0.39 is 6.10 Å². The van der Waals surface area contributed by atoms with E-state index in [0.717, 1.165) is 42.4 Å². The highest BCUT2D eigenvalue weighted by molar-refractivity contribution is 5.57. The Morgan fingerprint density at radius 1 is 0.841 bits per heavy atom. The molecule has 0 spiro atoms. The van der Waals surface area contributed by atoms with Gasteiger partial charge in [0.1, 0.15) is 6.29 Å². The Kier molecular flexibility index (Phi) is 14.0. The first kappa shape index (κ1) is 36.2. The quantitative estimate of drug-likeness (QED) is 0.0897. The molecule has 0 aromatic carbocycles. The second-order valence-corrected chi connectivity index (χ2v) is 17.4. The number of unbranched alkanes of at least 4 members (excludes halogenated alkanes) is 11. The van der Waals surface area contributed by atoms with Crippen LogP contribution in [0.1, 0.15) is 183 Å². The molecule has 254 valence electrons. The Labute approximate surface area is 274 Å². The molecule has 3 fully saturated rings. The average molecular weight is 611 g/mol. The summed E-state index contributed by atoms with van der Waals surface area (Å²) < 4.78 is 0. The Morgan fingerprint density at radius 2 is 1.48 bits per heavy atom. The van der Waals surface area contributed by atoms with E-state index in [0.29, 0.717) is 17.3 Å². The second kappa shape index (κ2) is 17.0. The van der Waals surface area contributed by atoms with Gasteiger partial charge in [-0.3, -0.25) is 0 Å². The Bertz CT molecular complexity index is 890. The van der Waals surface area contributed by atoms with Gasteiger partial charge in [-0.25, -0.2) is 0 Å². The fourth-order valence-corrected chi connectivity index (χ4v) is 11.9. The molecule has 2 nitrogen and oxygen atoms in total. The van der Waals surface area contributed by atoms with Crippen LogP contribution in [0.2, 0.25) is 0 Å². The number of hydrogen-bond acceptors (Lipinski definition) is 2. The van der Waals surface area contributed by atoms with Gasteiger partial charge in [-0.15, -0.1) is 0 Å². The number of fused-ring (bicyclic) bond motifs is 5. The van der Waals surface area contributed by atoms with Gasteiger partial charge < -0.3 is 9.90 Å². The van der Waals surface area contributed by atoms with Crippen LogP contribution in [0.5, 0.6) is 0 Å². The van der Waals surface area contributed by atoms with Crippen molar-refractivity contribution in [3.8, 4) is 0 Å². The smallest absolute Gasteiger partial charge is 0.125 e. The third kappa shape index (κ3) is 8.08. The molecule has 0 saturated heterocycles. The lowest BCUT2D eigenvalue weighted by molar-refractivity contribution is -0.131. The summed E-state index contributed by atoms with van der Waals surface area (Å²) >= 11 is 0. The lowest BCUT2D eigenvalue weighted by Crippen LogP contribution is -2.56. The minimum Gasteiger partial charge on any atom is -0.392 e. The van der Waals surface area contributed by atoms with Gasteiger partial charge in [0, 0.05) is 5.92 Å². The largest absolute Gasteiger partial charge is 0.392 e. The molecule has 0 aliphatic heterocycles. The van der Waals surface area contributed by atoms with Crippen LogP contribution in [-0.2, 0) is 4.79 Å². The van der Waals surface area contributed by atoms with Gasteiger partial charge in [0.15, 0.2) is 0 Å². The van der Waals surface area contributed by atoms with Crippen LogP contribution in [0.25, 0.3) is 0 Å². The molecular formula is C42H74O2. The van der Waals surface area contributed by atoms with Crippen molar-refractivity contribution in [2.24, 2.45) is 58.2 Å². The van der Waals surface area contributed by atoms with E-state index in [4.69, 9.17) is 0 Å². The Hall–Kier alpha value is -0.630. The minimum atomic E-state index is -0.484. The fourth-order valence-electron chi connectivity index (χ4n) is 11.9. The first-order chi connectivity index (χ1) is 21.2. The zero-order valence-electron chi connectivity index (χ0n) is 30.3. The summed E-state index contributed by atoms with van der Waals surface area (Å²) in [5.41, 5.74) is 2.10. The molecule has 0 aromatic rings. The van der Waals surface area contributed by atoms with E-state index in [9.17, 15) is 9.90 Å². The molecule has 0 radical (unpaired) electrons. The minimum absolute atomic E-state index is 0.0911. The SMILES string of the molecule is CCCCCCCCCCCCCCC1C(C=O)[C@H](O)CC2=CC[C@H]3[C@@H]4CC[C@H]([C@H](C)CCCC(C)C)[C@@]4(C)CC[C@@H]3[C@]21C. The number of carbonyl (C=O) groups is 1. The molecule has 0 amide bonds. The molecule has 10 atom stereocenters. The second-order valence-electron chi connectivity index (χ2n) is 17.4. The molecule has 4 aliphatic rings. The van der Waals surface area contributed by atoms with E-state index in [1.807, 2.05) is 0 Å². The summed E-state index contributed by atoms with van der Waals surface area (Å²) in [7, 11) is 0. The first-order valence-corrected chi connectivity index (χ1v) is 20.0. The summed E-state index contributed by atoms with van der Waals surface area (Å²) in [4.78, 5) is 12.6. The van der Waals surface area contributed by atoms with Gasteiger partial charge >= 0.3 is 0 Å². The molecule has 3 saturated carbocycles. The van der Waals surface area contributed by atoms with Crippen LogP contribution in [0.3, 0.4) is 0 Å². The van der Waals surface area contributed by atoms with Gasteiger partial charge in [-0.1, -0.05) is 150 Å². The summed E-state index contributed by atoms with van der Waals surface area (Å²) in [6.45, 7) is 14.9. The van der Waals surface area contributed by atoms with Crippen LogP contribution in [0, 0.1) is 58.2 Å². The summed E-state index contributed by atoms with van der Waals surface area (Å²) in [5, 5.41) is 11.2. The molecular weight excluding hydrogens is 536 g/mol. The van der Waals surface area contributed by atoms with Gasteiger partial charge in [-0.05, 0) is 97.2 Å². The maximum absolute atomic E-state index is 12.6. The normalized spacial score (nSPS) is 37.3. The zero-order chi connectivity index (χ0) is 31.7. The summed E-state index contributed by atoms with van der Waals surface area (Å²) in [5.74, 6) is 4.95. The maximum atomic E-state index is 12.6. The van der Waals surface area contributed by atoms with Crippen LogP contribution in [-0.4, -0.2) is 17.5 Å². The lowest BCUT2D eigenvalue weighted by Gasteiger charge is -2.61. The lowest BCUT2D eigenvalue weighted by atomic mass is 9.43. The topological polar surface area (TPSA) is 37.3 Å². The standard InChI is InChI=1S/C42H74O2/c1-7-8-9-10-11-12-13-14-15-16-17-18-22-38-35(30-43)40(44)29-33-23-24-34-37-26-25-36(32(4)21-19-20-31(2)3)41(37,5)28-27-39(34)42(33,38)6/h23,30-32,34-40,44H,7-22,24-29H2,1-6H3/t32-,34+,35?,36-,37+,38?,39+,40-,41-,42-/m1/s1. The fraction of sp³-hybridized carbons (Fsp3) is 0.929. The third-order valence-electron chi connectivity index (χ3n) is 14.4. The Balaban J connectivity index is 1.35. The predicted octanol–water partition coefficient (Wildman–Crippen LogP) is 12.1. The van der Waals surface area contributed by atoms with Crippen molar-refractivity contribution < 1.29 is 9.90 Å². The van der Waals surface area contributed by atoms with Crippen LogP contribution in [0.15, 0.2) is 11.6 Å². The highest BCUT2D eigenvalue weighted by Gasteiger charge is 2.62. The first-order valence-electron chi connectivity index (χ1n) is 20.0. The van der Waals surface area contributed by atoms with E-state index in [-0.39, 0.29) is 11.3 Å². The van der Waals surface area contributed by atoms with Gasteiger partial charge in [-0.2, -0.15) is 0 Å². The predicted molar refractivity (Wildman–Crippen MR) is 189 cm³/mol. The highest BCUT2D eigenvalue weighted by Crippen LogP contribution is 2.69. The number of aliphatic hydroxyl groups excluding tert-OH is 1. The van der Waals surface area contributed by atoms with Crippen molar-refractivity contribution in [2.75, 3.05) is 0 Å². The van der Waals surface area contributed by atoms with Crippen LogP contribution < -0.4 is 0 Å². The molecule has 0 bridgehead atoms. The molecule has 2 heteroatoms. The van der Waals surface area contributed by atoms with E-state index >= 15 is 0 Å². The number of aldehydes is 1. The zero-order valence-corrected chi connectivity index (χ0v) is 30.3. The van der Waals surface area contributed by atoms with E-state index in [2.05, 4.69) is 47.6 Å². The number of aliphatic hydroxyl groups is 1. The molecule has 4 aliphatic carbocycles. The average Bonchev–Trinajstić information content (AvgIpc) is 3.35. The van der Waals surface area contributed by atoms with E-state index in [1.54, 1.807) is 0 Å². The van der Waals surface area contributed by atoms with E-state index in [1.165, 1.54) is 140 Å². The molecule has 4 rings (SSSR count). The van der Waals surface area contributed by atoms with Crippen molar-refractivity contribution in [2.45, 2.75) is 189 Å². The van der Waals surface area contributed by atoms with Crippen LogP contribution in [0.4, 0.5) is 0 Å². The maximum Gasteiger partial charge on any atom is 0.125 e. The number of hydrogen-bond donors (Lipinski definition) is 1. The number of allylic oxidation sites excluding steroid dienone is 1. The van der Waals surface area contributed by atoms with Crippen molar-refractivity contribution in [3.63, 3.8) is 0 Å². The Morgan fingerprint density at radius 3 is 2.09 bits per heavy atom. The number of rotatable bonds is 19. The van der Waals surface area contributed by atoms with Gasteiger partial charge in [0.05, 0.1) is 6.10 Å². The van der Waals surface area contributed by atoms with Gasteiger partial charge in [0.25, 0.3) is 0 Å². The van der Waals surface area contributed by atoms with Gasteiger partial charge in [0.2, 0.25) is 0 Å². The van der Waals surface area contributed by atoms with Crippen molar-refractivity contribution in [3.05, 3.63) is 11.6 Å². The summed E-state index contributed by atoms with van der Waals surface area (Å²) in [6, 6.07) is 0. The summed E-state index contributed by atoms with van der Waals surface area (Å²) in [6.07, 6.45) is 32.5. The number of carbonyl (C=O) groups excluding carboxylic acids is 1. The third-order valence-corrected chi connectivity index (χ3v) is 14.4. The molecule has 1 N–H and O–H groups in total. The molecule has 0 heterocycles. The van der Waals surface area contributed by atoms with Crippen molar-refractivity contribution in [1.82, 2.24) is 0 Å². The molecule has 2 unspecified atom stereocenters. The van der Waals surface area contributed by atoms with Crippen molar-refractivity contribution >= 4 is 6.29 Å². The highest BCUT2D eigenvalue weighted by atomic mass is 16.3.